The molecule has 0 radical (unpaired) electrons. The zero-order valence-electron chi connectivity index (χ0n) is 12.5. The number of hydrogen-bond donors (Lipinski definition) is 3. The van der Waals surface area contributed by atoms with Gasteiger partial charge in [-0.3, -0.25) is 0 Å². The smallest absolute Gasteiger partial charge is 0.339 e. The van der Waals surface area contributed by atoms with Crippen LogP contribution in [0.4, 0.5) is 10.5 Å². The molecule has 1 rings (SSSR count). The summed E-state index contributed by atoms with van der Waals surface area (Å²) in [7, 11) is 2.92. The Balaban J connectivity index is 2.79. The van der Waals surface area contributed by atoms with Crippen molar-refractivity contribution in [2.24, 2.45) is 0 Å². The summed E-state index contributed by atoms with van der Waals surface area (Å²) in [6.45, 7) is 4.01. The number of ether oxygens (including phenoxy) is 2. The number of carboxylic acid groups (broad SMARTS) is 1. The Hall–Kier alpha value is -2.28. The van der Waals surface area contributed by atoms with E-state index in [1.165, 1.54) is 25.3 Å². The summed E-state index contributed by atoms with van der Waals surface area (Å²) in [5, 5.41) is 14.4. The minimum Gasteiger partial charge on any atom is -0.496 e. The van der Waals surface area contributed by atoms with Crippen LogP contribution < -0.4 is 15.4 Å². The van der Waals surface area contributed by atoms with Crippen LogP contribution in [0, 0.1) is 0 Å². The topological polar surface area (TPSA) is 96.9 Å². The van der Waals surface area contributed by atoms with Crippen molar-refractivity contribution in [1.82, 2.24) is 5.32 Å². The lowest BCUT2D eigenvalue weighted by Crippen LogP contribution is -2.48. The Bertz CT molecular complexity index is 528. The largest absolute Gasteiger partial charge is 0.496 e. The number of urea groups is 1. The van der Waals surface area contributed by atoms with Crippen molar-refractivity contribution in [2.75, 3.05) is 26.1 Å². The molecule has 0 saturated heterocycles. The van der Waals surface area contributed by atoms with E-state index in [9.17, 15) is 9.59 Å². The fourth-order valence-electron chi connectivity index (χ4n) is 1.81. The van der Waals surface area contributed by atoms with Gasteiger partial charge in [-0.15, -0.1) is 0 Å². The zero-order valence-corrected chi connectivity index (χ0v) is 12.5. The third kappa shape index (κ3) is 4.96. The van der Waals surface area contributed by atoms with Crippen molar-refractivity contribution in [1.29, 1.82) is 0 Å². The van der Waals surface area contributed by atoms with Crippen LogP contribution in [0.1, 0.15) is 24.2 Å². The number of carboxylic acids is 1. The lowest BCUT2D eigenvalue weighted by molar-refractivity contribution is 0.0693. The van der Waals surface area contributed by atoms with E-state index in [4.69, 9.17) is 14.6 Å². The molecule has 116 valence electrons. The molecule has 3 N–H and O–H groups in total. The van der Waals surface area contributed by atoms with Gasteiger partial charge >= 0.3 is 12.0 Å². The van der Waals surface area contributed by atoms with Crippen molar-refractivity contribution < 1.29 is 24.2 Å². The molecule has 7 heteroatoms. The second-order valence-electron chi connectivity index (χ2n) is 5.12. The predicted octanol–water partition coefficient (Wildman–Crippen LogP) is 1.94. The van der Waals surface area contributed by atoms with Gasteiger partial charge in [0.05, 0.1) is 19.3 Å². The van der Waals surface area contributed by atoms with Gasteiger partial charge in [-0.25, -0.2) is 9.59 Å². The Morgan fingerprint density at radius 1 is 1.29 bits per heavy atom. The molecule has 21 heavy (non-hydrogen) atoms. The van der Waals surface area contributed by atoms with Gasteiger partial charge in [-0.2, -0.15) is 0 Å². The van der Waals surface area contributed by atoms with Gasteiger partial charge in [0, 0.05) is 18.9 Å². The molecule has 0 aliphatic rings. The standard InChI is InChI=1S/C14H20N2O5/c1-14(2,8-20-3)16-13(19)15-9-5-6-10(12(17)18)11(7-9)21-4/h5-7H,8H2,1-4H3,(H,17,18)(H2,15,16,19). The van der Waals surface area contributed by atoms with Gasteiger partial charge in [0.15, 0.2) is 0 Å². The Kier molecular flexibility index (Phi) is 5.54. The molecular formula is C14H20N2O5. The maximum Gasteiger partial charge on any atom is 0.339 e. The maximum absolute atomic E-state index is 11.9. The van der Waals surface area contributed by atoms with Crippen molar-refractivity contribution in [3.63, 3.8) is 0 Å². The normalized spacial score (nSPS) is 10.9. The number of carbonyl (C=O) groups is 2. The second kappa shape index (κ2) is 6.94. The number of carbonyl (C=O) groups excluding carboxylic acids is 1. The van der Waals surface area contributed by atoms with E-state index >= 15 is 0 Å². The van der Waals surface area contributed by atoms with Gasteiger partial charge in [0.2, 0.25) is 0 Å². The number of hydrogen-bond acceptors (Lipinski definition) is 4. The first kappa shape index (κ1) is 16.8. The van der Waals surface area contributed by atoms with E-state index in [-0.39, 0.29) is 11.3 Å². The molecule has 0 heterocycles. The molecule has 0 aromatic heterocycles. The van der Waals surface area contributed by atoms with E-state index in [0.29, 0.717) is 12.3 Å². The fourth-order valence-corrected chi connectivity index (χ4v) is 1.81. The number of nitrogens with one attached hydrogen (secondary N) is 2. The van der Waals surface area contributed by atoms with Crippen molar-refractivity contribution >= 4 is 17.7 Å². The predicted molar refractivity (Wildman–Crippen MR) is 78.1 cm³/mol. The van der Waals surface area contributed by atoms with Crippen LogP contribution in [0.3, 0.4) is 0 Å². The number of methoxy groups -OCH3 is 2. The van der Waals surface area contributed by atoms with Crippen molar-refractivity contribution in [3.8, 4) is 5.75 Å². The van der Waals surface area contributed by atoms with E-state index in [0.717, 1.165) is 0 Å². The molecule has 0 aliphatic heterocycles. The first-order valence-corrected chi connectivity index (χ1v) is 6.28. The molecule has 0 saturated carbocycles. The lowest BCUT2D eigenvalue weighted by atomic mass is 10.1. The summed E-state index contributed by atoms with van der Waals surface area (Å²) in [6.07, 6.45) is 0. The van der Waals surface area contributed by atoms with Crippen LogP contribution in [0.5, 0.6) is 5.75 Å². The quantitative estimate of drug-likeness (QED) is 0.745. The molecular weight excluding hydrogens is 276 g/mol. The number of benzene rings is 1. The molecule has 0 unspecified atom stereocenters. The Morgan fingerprint density at radius 3 is 2.48 bits per heavy atom. The maximum atomic E-state index is 11.9. The van der Waals surface area contributed by atoms with Crippen LogP contribution in [0.2, 0.25) is 0 Å². The molecule has 0 bridgehead atoms. The first-order chi connectivity index (χ1) is 9.79. The molecule has 0 atom stereocenters. The SMILES string of the molecule is COCC(C)(C)NC(=O)Nc1ccc(C(=O)O)c(OC)c1. The van der Waals surface area contributed by atoms with E-state index in [1.54, 1.807) is 7.11 Å². The van der Waals surface area contributed by atoms with E-state index < -0.39 is 17.5 Å². The van der Waals surface area contributed by atoms with Crippen LogP contribution >= 0.6 is 0 Å². The monoisotopic (exact) mass is 296 g/mol. The molecule has 0 aliphatic carbocycles. The number of anilines is 1. The van der Waals surface area contributed by atoms with Crippen LogP contribution in [-0.2, 0) is 4.74 Å². The molecule has 1 aromatic carbocycles. The highest BCUT2D eigenvalue weighted by Crippen LogP contribution is 2.23. The van der Waals surface area contributed by atoms with Crippen molar-refractivity contribution in [3.05, 3.63) is 23.8 Å². The van der Waals surface area contributed by atoms with Gasteiger partial charge in [-0.05, 0) is 26.0 Å². The third-order valence-electron chi connectivity index (χ3n) is 2.65. The van der Waals surface area contributed by atoms with Gasteiger partial charge in [0.1, 0.15) is 11.3 Å². The molecule has 2 amide bonds. The Morgan fingerprint density at radius 2 is 1.95 bits per heavy atom. The van der Waals surface area contributed by atoms with Crippen LogP contribution in [0.25, 0.3) is 0 Å². The minimum atomic E-state index is -1.09. The minimum absolute atomic E-state index is 0.0307. The molecule has 1 aromatic rings. The third-order valence-corrected chi connectivity index (χ3v) is 2.65. The summed E-state index contributed by atoms with van der Waals surface area (Å²) >= 11 is 0. The van der Waals surface area contributed by atoms with Crippen LogP contribution in [-0.4, -0.2) is 43.5 Å². The summed E-state index contributed by atoms with van der Waals surface area (Å²) < 4.78 is 10.0. The average Bonchev–Trinajstić information content (AvgIpc) is 2.37. The van der Waals surface area contributed by atoms with E-state index in [2.05, 4.69) is 10.6 Å². The number of rotatable bonds is 6. The van der Waals surface area contributed by atoms with Crippen LogP contribution in [0.15, 0.2) is 18.2 Å². The number of amides is 2. The summed E-state index contributed by atoms with van der Waals surface area (Å²) in [6, 6.07) is 3.90. The zero-order chi connectivity index (χ0) is 16.0. The Labute approximate surface area is 123 Å². The summed E-state index contributed by atoms with van der Waals surface area (Å²) in [5.74, 6) is -0.916. The first-order valence-electron chi connectivity index (χ1n) is 6.28. The molecule has 0 spiro atoms. The van der Waals surface area contributed by atoms with Gasteiger partial charge in [-0.1, -0.05) is 0 Å². The van der Waals surface area contributed by atoms with E-state index in [1.807, 2.05) is 13.8 Å². The highest BCUT2D eigenvalue weighted by Gasteiger charge is 2.20. The van der Waals surface area contributed by atoms with Gasteiger partial charge in [0.25, 0.3) is 0 Å². The fraction of sp³-hybridized carbons (Fsp3) is 0.429. The highest BCUT2D eigenvalue weighted by atomic mass is 16.5. The summed E-state index contributed by atoms with van der Waals surface area (Å²) in [5.41, 5.74) is -0.0602. The molecule has 7 nitrogen and oxygen atoms in total. The molecule has 0 fully saturated rings. The number of aromatic carboxylic acids is 1. The van der Waals surface area contributed by atoms with Crippen molar-refractivity contribution in [2.45, 2.75) is 19.4 Å². The summed E-state index contributed by atoms with van der Waals surface area (Å²) in [4.78, 5) is 22.9. The van der Waals surface area contributed by atoms with Gasteiger partial charge < -0.3 is 25.2 Å². The lowest BCUT2D eigenvalue weighted by Gasteiger charge is -2.25. The highest BCUT2D eigenvalue weighted by molar-refractivity contribution is 5.94. The second-order valence-corrected chi connectivity index (χ2v) is 5.12. The average molecular weight is 296 g/mol.